The van der Waals surface area contributed by atoms with Crippen molar-refractivity contribution in [2.45, 2.75) is 18.6 Å². The second kappa shape index (κ2) is 5.09. The normalized spacial score (nSPS) is 11.8. The number of sulfonamides is 1. The summed E-state index contributed by atoms with van der Waals surface area (Å²) < 4.78 is 24.2. The van der Waals surface area contributed by atoms with Gasteiger partial charge in [0.15, 0.2) is 5.82 Å². The van der Waals surface area contributed by atoms with Crippen molar-refractivity contribution in [1.29, 1.82) is 0 Å². The molecule has 0 radical (unpaired) electrons. The van der Waals surface area contributed by atoms with Crippen LogP contribution < -0.4 is 5.14 Å². The minimum absolute atomic E-state index is 0.281. The van der Waals surface area contributed by atoms with Crippen molar-refractivity contribution in [3.05, 3.63) is 28.2 Å². The third-order valence-electron chi connectivity index (χ3n) is 2.47. The number of halogens is 2. The quantitative estimate of drug-likeness (QED) is 0.935. The van der Waals surface area contributed by atoms with Crippen molar-refractivity contribution in [2.24, 2.45) is 5.14 Å². The molecule has 0 saturated carbocycles. The maximum Gasteiger partial charge on any atom is 0.273 e. The van der Waals surface area contributed by atoms with Crippen molar-refractivity contribution < 1.29 is 8.42 Å². The van der Waals surface area contributed by atoms with E-state index in [1.807, 2.05) is 0 Å². The average molecular weight is 321 g/mol. The molecule has 0 unspecified atom stereocenters. The van der Waals surface area contributed by atoms with Gasteiger partial charge in [0.1, 0.15) is 0 Å². The molecule has 0 fully saturated rings. The van der Waals surface area contributed by atoms with Gasteiger partial charge in [-0.05, 0) is 25.1 Å². The number of nitrogens with two attached hydrogens (primary N) is 1. The van der Waals surface area contributed by atoms with E-state index in [1.165, 1.54) is 4.57 Å². The lowest BCUT2D eigenvalue weighted by molar-refractivity contribution is 0.571. The first-order valence-electron chi connectivity index (χ1n) is 5.26. The molecule has 1 aromatic carbocycles. The lowest BCUT2D eigenvalue weighted by atomic mass is 10.2. The number of rotatable bonds is 3. The van der Waals surface area contributed by atoms with E-state index in [-0.39, 0.29) is 5.16 Å². The van der Waals surface area contributed by atoms with Gasteiger partial charge in [0, 0.05) is 12.1 Å². The van der Waals surface area contributed by atoms with Gasteiger partial charge >= 0.3 is 0 Å². The second-order valence-corrected chi connectivity index (χ2v) is 5.99. The highest BCUT2D eigenvalue weighted by Crippen LogP contribution is 2.28. The lowest BCUT2D eigenvalue weighted by Gasteiger charge is -2.06. The van der Waals surface area contributed by atoms with Crippen LogP contribution in [0.1, 0.15) is 6.92 Å². The zero-order chi connectivity index (χ0) is 14.2. The van der Waals surface area contributed by atoms with Gasteiger partial charge in [-0.3, -0.25) is 4.57 Å². The van der Waals surface area contributed by atoms with Crippen LogP contribution in [0.2, 0.25) is 10.0 Å². The molecule has 1 heterocycles. The van der Waals surface area contributed by atoms with Crippen molar-refractivity contribution in [3.8, 4) is 11.4 Å². The predicted molar refractivity (Wildman–Crippen MR) is 72.5 cm³/mol. The van der Waals surface area contributed by atoms with Crippen LogP contribution in [-0.4, -0.2) is 23.2 Å². The molecule has 1 aromatic heterocycles. The van der Waals surface area contributed by atoms with Crippen LogP contribution in [0.4, 0.5) is 0 Å². The van der Waals surface area contributed by atoms with Gasteiger partial charge in [0.25, 0.3) is 15.2 Å². The number of hydrogen-bond donors (Lipinski definition) is 1. The second-order valence-electron chi connectivity index (χ2n) is 3.72. The summed E-state index contributed by atoms with van der Waals surface area (Å²) in [5.41, 5.74) is 0.610. The van der Waals surface area contributed by atoms with E-state index in [9.17, 15) is 8.42 Å². The van der Waals surface area contributed by atoms with Gasteiger partial charge in [0.05, 0.1) is 10.0 Å². The van der Waals surface area contributed by atoms with E-state index >= 15 is 0 Å². The minimum atomic E-state index is -3.92. The molecule has 0 spiro atoms. The van der Waals surface area contributed by atoms with E-state index in [1.54, 1.807) is 25.1 Å². The van der Waals surface area contributed by atoms with E-state index < -0.39 is 10.0 Å². The summed E-state index contributed by atoms with van der Waals surface area (Å²) in [5, 5.41) is 13.0. The third kappa shape index (κ3) is 2.74. The zero-order valence-electron chi connectivity index (χ0n) is 9.84. The number of hydrogen-bond acceptors (Lipinski definition) is 4. The van der Waals surface area contributed by atoms with Crippen LogP contribution in [0.5, 0.6) is 0 Å². The topological polar surface area (TPSA) is 90.9 Å². The van der Waals surface area contributed by atoms with Gasteiger partial charge in [-0.1, -0.05) is 23.2 Å². The number of benzene rings is 1. The van der Waals surface area contributed by atoms with Crippen LogP contribution in [0.25, 0.3) is 11.4 Å². The SMILES string of the molecule is CCn1c(-c2ccc(Cl)c(Cl)c2)nnc1S(N)(=O)=O. The highest BCUT2D eigenvalue weighted by molar-refractivity contribution is 7.89. The number of aromatic nitrogens is 3. The fourth-order valence-corrected chi connectivity index (χ4v) is 2.61. The Morgan fingerprint density at radius 2 is 1.95 bits per heavy atom. The first-order chi connectivity index (χ1) is 8.84. The molecule has 0 aliphatic heterocycles. The van der Waals surface area contributed by atoms with E-state index in [0.29, 0.717) is 28.0 Å². The third-order valence-corrected chi connectivity index (χ3v) is 4.02. The van der Waals surface area contributed by atoms with Crippen LogP contribution in [0.3, 0.4) is 0 Å². The highest BCUT2D eigenvalue weighted by atomic mass is 35.5. The molecule has 0 saturated heterocycles. The van der Waals surface area contributed by atoms with Gasteiger partial charge in [0.2, 0.25) is 0 Å². The summed E-state index contributed by atoms with van der Waals surface area (Å²) in [6, 6.07) is 4.87. The van der Waals surface area contributed by atoms with Crippen LogP contribution in [0.15, 0.2) is 23.4 Å². The fourth-order valence-electron chi connectivity index (χ4n) is 1.63. The van der Waals surface area contributed by atoms with Crippen LogP contribution in [-0.2, 0) is 16.6 Å². The molecule has 6 nitrogen and oxygen atoms in total. The predicted octanol–water partition coefficient (Wildman–Crippen LogP) is 1.92. The Labute approximate surface area is 120 Å². The summed E-state index contributed by atoms with van der Waals surface area (Å²) in [6.07, 6.45) is 0. The first-order valence-corrected chi connectivity index (χ1v) is 7.56. The minimum Gasteiger partial charge on any atom is -0.297 e. The van der Waals surface area contributed by atoms with Crippen molar-refractivity contribution in [1.82, 2.24) is 14.8 Å². The molecule has 19 heavy (non-hydrogen) atoms. The summed E-state index contributed by atoms with van der Waals surface area (Å²) in [7, 11) is -3.92. The van der Waals surface area contributed by atoms with E-state index in [2.05, 4.69) is 10.2 Å². The Morgan fingerprint density at radius 3 is 2.47 bits per heavy atom. The Bertz CT molecular complexity index is 727. The molecule has 9 heteroatoms. The van der Waals surface area contributed by atoms with Crippen LogP contribution >= 0.6 is 23.2 Å². The zero-order valence-corrected chi connectivity index (χ0v) is 12.2. The first kappa shape index (κ1) is 14.3. The molecule has 2 N–H and O–H groups in total. The Morgan fingerprint density at radius 1 is 1.26 bits per heavy atom. The lowest BCUT2D eigenvalue weighted by Crippen LogP contribution is -2.18. The standard InChI is InChI=1S/C10H10Cl2N4O2S/c1-2-16-9(14-15-10(16)19(13,17)18)6-3-4-7(11)8(12)5-6/h3-5H,2H2,1H3,(H2,13,17,18). The average Bonchev–Trinajstić information content (AvgIpc) is 2.76. The summed E-state index contributed by atoms with van der Waals surface area (Å²) >= 11 is 11.8. The Hall–Kier alpha value is -1.15. The largest absolute Gasteiger partial charge is 0.297 e. The molecular formula is C10H10Cl2N4O2S. The van der Waals surface area contributed by atoms with E-state index in [0.717, 1.165) is 0 Å². The summed E-state index contributed by atoms with van der Waals surface area (Å²) in [4.78, 5) is 0. The molecule has 2 aromatic rings. The number of nitrogens with zero attached hydrogens (tertiary/aromatic N) is 3. The van der Waals surface area contributed by atoms with Gasteiger partial charge < -0.3 is 0 Å². The Balaban J connectivity index is 2.63. The van der Waals surface area contributed by atoms with Gasteiger partial charge in [-0.25, -0.2) is 13.6 Å². The Kier molecular flexibility index (Phi) is 3.82. The van der Waals surface area contributed by atoms with Crippen molar-refractivity contribution in [2.75, 3.05) is 0 Å². The monoisotopic (exact) mass is 320 g/mol. The smallest absolute Gasteiger partial charge is 0.273 e. The molecule has 0 bridgehead atoms. The highest BCUT2D eigenvalue weighted by Gasteiger charge is 2.21. The summed E-state index contributed by atoms with van der Waals surface area (Å²) in [5.74, 6) is 0.366. The molecule has 0 aliphatic rings. The molecule has 2 rings (SSSR count). The maximum atomic E-state index is 11.4. The molecule has 0 aliphatic carbocycles. The van der Waals surface area contributed by atoms with Crippen LogP contribution in [0, 0.1) is 0 Å². The molecule has 0 atom stereocenters. The van der Waals surface area contributed by atoms with Crippen molar-refractivity contribution >= 4 is 33.2 Å². The van der Waals surface area contributed by atoms with Crippen molar-refractivity contribution in [3.63, 3.8) is 0 Å². The fraction of sp³-hybridized carbons (Fsp3) is 0.200. The molecule has 0 amide bonds. The van der Waals surface area contributed by atoms with Gasteiger partial charge in [-0.2, -0.15) is 0 Å². The summed E-state index contributed by atoms with van der Waals surface area (Å²) in [6.45, 7) is 2.12. The number of primary sulfonamides is 1. The maximum absolute atomic E-state index is 11.4. The van der Waals surface area contributed by atoms with Gasteiger partial charge in [-0.15, -0.1) is 10.2 Å². The molecule has 102 valence electrons. The van der Waals surface area contributed by atoms with E-state index in [4.69, 9.17) is 28.3 Å². The molecular weight excluding hydrogens is 311 g/mol.